The Morgan fingerprint density at radius 1 is 1.13 bits per heavy atom. The van der Waals surface area contributed by atoms with Gasteiger partial charge in [-0.15, -0.1) is 0 Å². The quantitative estimate of drug-likeness (QED) is 0.630. The number of likely N-dealkylation sites (N-methyl/N-ethyl adjacent to an activating group) is 1. The first kappa shape index (κ1) is 21.3. The fraction of sp³-hybridized carbons (Fsp3) is 0.375. The minimum atomic E-state index is -0.206. The second kappa shape index (κ2) is 9.49. The zero-order valence-electron chi connectivity index (χ0n) is 18.3. The smallest absolute Gasteiger partial charge is 0.180 e. The molecule has 1 aliphatic rings. The van der Waals surface area contributed by atoms with Crippen molar-refractivity contribution in [3.05, 3.63) is 71.3 Å². The number of fused-ring (bicyclic) bond motifs is 1. The van der Waals surface area contributed by atoms with Gasteiger partial charge in [0.25, 0.3) is 0 Å². The van der Waals surface area contributed by atoms with Gasteiger partial charge < -0.3 is 10.2 Å². The Labute approximate surface area is 183 Å². The summed E-state index contributed by atoms with van der Waals surface area (Å²) < 4.78 is 13.2. The first-order valence-electron chi connectivity index (χ1n) is 10.7. The number of halogens is 1. The first-order valence-corrected chi connectivity index (χ1v) is 10.7. The van der Waals surface area contributed by atoms with E-state index >= 15 is 0 Å². The molecule has 0 saturated heterocycles. The number of hydrogen-bond donors (Lipinski definition) is 1. The molecule has 2 aromatic heterocycles. The molecular weight excluding hydrogens is 391 g/mol. The third kappa shape index (κ3) is 5.42. The Bertz CT molecular complexity index is 1010. The zero-order valence-corrected chi connectivity index (χ0v) is 18.3. The highest BCUT2D eigenvalue weighted by Gasteiger charge is 2.24. The van der Waals surface area contributed by atoms with Crippen LogP contribution in [-0.4, -0.2) is 58.0 Å². The molecule has 1 aliphatic heterocycles. The van der Waals surface area contributed by atoms with Crippen LogP contribution < -0.4 is 5.32 Å². The molecule has 1 unspecified atom stereocenters. The number of anilines is 1. The van der Waals surface area contributed by atoms with E-state index in [4.69, 9.17) is 9.97 Å². The van der Waals surface area contributed by atoms with Gasteiger partial charge in [0.2, 0.25) is 0 Å². The van der Waals surface area contributed by atoms with E-state index in [1.807, 2.05) is 30.3 Å². The Hall–Kier alpha value is -2.90. The Balaban J connectivity index is 1.62. The summed E-state index contributed by atoms with van der Waals surface area (Å²) in [7, 11) is 4.14. The molecule has 162 valence electrons. The number of hydrogen-bond acceptors (Lipinski definition) is 6. The molecule has 1 N–H and O–H groups in total. The maximum Gasteiger partial charge on any atom is 0.180 e. The molecule has 4 rings (SSSR count). The highest BCUT2D eigenvalue weighted by Crippen LogP contribution is 2.28. The molecule has 0 amide bonds. The van der Waals surface area contributed by atoms with Crippen molar-refractivity contribution < 1.29 is 4.39 Å². The summed E-state index contributed by atoms with van der Waals surface area (Å²) in [5.74, 6) is 1.34. The Morgan fingerprint density at radius 2 is 1.94 bits per heavy atom. The number of aromatic nitrogens is 3. The standard InChI is InChI=1S/C24H29FN6/c1-17(14-30(2)3)27-23-20-11-13-31(15-18-7-9-19(25)10-8-18)16-22(20)28-24(29-23)21-6-4-5-12-26-21/h4-10,12,17H,11,13-16H2,1-3H3,(H,27,28,29). The lowest BCUT2D eigenvalue weighted by Gasteiger charge is -2.30. The predicted molar refractivity (Wildman–Crippen MR) is 121 cm³/mol. The van der Waals surface area contributed by atoms with Crippen LogP contribution >= 0.6 is 0 Å². The molecule has 31 heavy (non-hydrogen) atoms. The Morgan fingerprint density at radius 3 is 2.65 bits per heavy atom. The van der Waals surface area contributed by atoms with E-state index in [1.54, 1.807) is 6.20 Å². The largest absolute Gasteiger partial charge is 0.366 e. The van der Waals surface area contributed by atoms with Crippen molar-refractivity contribution in [1.29, 1.82) is 0 Å². The lowest BCUT2D eigenvalue weighted by atomic mass is 10.0. The topological polar surface area (TPSA) is 57.2 Å². The van der Waals surface area contributed by atoms with Crippen LogP contribution in [0, 0.1) is 5.82 Å². The molecule has 0 spiro atoms. The van der Waals surface area contributed by atoms with Crippen molar-refractivity contribution in [3.63, 3.8) is 0 Å². The molecule has 0 radical (unpaired) electrons. The minimum absolute atomic E-state index is 0.206. The molecule has 1 aromatic carbocycles. The van der Waals surface area contributed by atoms with E-state index in [2.05, 4.69) is 41.1 Å². The number of benzene rings is 1. The number of nitrogens with one attached hydrogen (secondary N) is 1. The van der Waals surface area contributed by atoms with Gasteiger partial charge in [0.05, 0.1) is 5.69 Å². The van der Waals surface area contributed by atoms with Crippen LogP contribution in [0.3, 0.4) is 0 Å². The summed E-state index contributed by atoms with van der Waals surface area (Å²) in [4.78, 5) is 18.7. The van der Waals surface area contributed by atoms with Crippen molar-refractivity contribution in [3.8, 4) is 11.5 Å². The molecule has 0 bridgehead atoms. The summed E-state index contributed by atoms with van der Waals surface area (Å²) in [6.07, 6.45) is 2.64. The monoisotopic (exact) mass is 420 g/mol. The summed E-state index contributed by atoms with van der Waals surface area (Å²) in [5.41, 5.74) is 4.08. The van der Waals surface area contributed by atoms with Crippen molar-refractivity contribution >= 4 is 5.82 Å². The van der Waals surface area contributed by atoms with Crippen LogP contribution in [0.25, 0.3) is 11.5 Å². The highest BCUT2D eigenvalue weighted by atomic mass is 19.1. The van der Waals surface area contributed by atoms with Gasteiger partial charge in [0.1, 0.15) is 17.3 Å². The molecule has 3 aromatic rings. The molecule has 3 heterocycles. The average Bonchev–Trinajstić information content (AvgIpc) is 2.75. The van der Waals surface area contributed by atoms with Gasteiger partial charge >= 0.3 is 0 Å². The third-order valence-electron chi connectivity index (χ3n) is 5.38. The maximum atomic E-state index is 13.2. The van der Waals surface area contributed by atoms with Gasteiger partial charge in [-0.1, -0.05) is 18.2 Å². The summed E-state index contributed by atoms with van der Waals surface area (Å²) in [5, 5.41) is 3.60. The average molecular weight is 421 g/mol. The van der Waals surface area contributed by atoms with Crippen molar-refractivity contribution in [2.75, 3.05) is 32.5 Å². The molecule has 1 atom stereocenters. The fourth-order valence-electron chi connectivity index (χ4n) is 4.02. The summed E-state index contributed by atoms with van der Waals surface area (Å²) in [6, 6.07) is 12.8. The number of pyridine rings is 1. The van der Waals surface area contributed by atoms with Crippen LogP contribution in [0.4, 0.5) is 10.2 Å². The van der Waals surface area contributed by atoms with E-state index in [1.165, 1.54) is 17.7 Å². The van der Waals surface area contributed by atoms with E-state index in [0.29, 0.717) is 5.82 Å². The van der Waals surface area contributed by atoms with Crippen molar-refractivity contribution in [2.24, 2.45) is 0 Å². The van der Waals surface area contributed by atoms with Crippen LogP contribution in [-0.2, 0) is 19.5 Å². The molecule has 6 nitrogen and oxygen atoms in total. The zero-order chi connectivity index (χ0) is 21.8. The van der Waals surface area contributed by atoms with Gasteiger partial charge in [0.15, 0.2) is 5.82 Å². The highest BCUT2D eigenvalue weighted by molar-refractivity contribution is 5.57. The van der Waals surface area contributed by atoms with Gasteiger partial charge in [-0.25, -0.2) is 14.4 Å². The van der Waals surface area contributed by atoms with E-state index in [0.717, 1.165) is 55.4 Å². The van der Waals surface area contributed by atoms with Crippen LogP contribution in [0.15, 0.2) is 48.7 Å². The lowest BCUT2D eigenvalue weighted by molar-refractivity contribution is 0.241. The second-order valence-electron chi connectivity index (χ2n) is 8.43. The molecule has 0 saturated carbocycles. The molecule has 0 fully saturated rings. The van der Waals surface area contributed by atoms with Crippen LogP contribution in [0.1, 0.15) is 23.7 Å². The third-order valence-corrected chi connectivity index (χ3v) is 5.38. The van der Waals surface area contributed by atoms with Gasteiger partial charge in [-0.05, 0) is 57.3 Å². The molecule has 0 aliphatic carbocycles. The van der Waals surface area contributed by atoms with E-state index in [9.17, 15) is 4.39 Å². The van der Waals surface area contributed by atoms with Crippen molar-refractivity contribution in [1.82, 2.24) is 24.8 Å². The van der Waals surface area contributed by atoms with E-state index in [-0.39, 0.29) is 11.9 Å². The fourth-order valence-corrected chi connectivity index (χ4v) is 4.02. The van der Waals surface area contributed by atoms with Gasteiger partial charge in [-0.2, -0.15) is 0 Å². The predicted octanol–water partition coefficient (Wildman–Crippen LogP) is 3.60. The second-order valence-corrected chi connectivity index (χ2v) is 8.43. The maximum absolute atomic E-state index is 13.2. The minimum Gasteiger partial charge on any atom is -0.366 e. The summed E-state index contributed by atoms with van der Waals surface area (Å²) in [6.45, 7) is 5.48. The van der Waals surface area contributed by atoms with Crippen molar-refractivity contribution in [2.45, 2.75) is 32.5 Å². The Kier molecular flexibility index (Phi) is 6.53. The number of rotatable bonds is 7. The van der Waals surface area contributed by atoms with E-state index < -0.39 is 0 Å². The van der Waals surface area contributed by atoms with Gasteiger partial charge in [0, 0.05) is 44.0 Å². The van der Waals surface area contributed by atoms with Gasteiger partial charge in [-0.3, -0.25) is 9.88 Å². The van der Waals surface area contributed by atoms with Crippen LogP contribution in [0.5, 0.6) is 0 Å². The first-order chi connectivity index (χ1) is 15.0. The normalized spacial score (nSPS) is 15.0. The molecular formula is C24H29FN6. The SMILES string of the molecule is CC(CN(C)C)Nc1nc(-c2ccccn2)nc2c1CCN(Cc1ccc(F)cc1)C2. The van der Waals surface area contributed by atoms with Crippen LogP contribution in [0.2, 0.25) is 0 Å². The number of nitrogens with zero attached hydrogens (tertiary/aromatic N) is 5. The molecule has 7 heteroatoms. The lowest BCUT2D eigenvalue weighted by Crippen LogP contribution is -2.34. The summed E-state index contributed by atoms with van der Waals surface area (Å²) >= 11 is 0.